The molecule has 3 aromatic rings. The summed E-state index contributed by atoms with van der Waals surface area (Å²) in [5.74, 6) is 1.88. The first-order valence-electron chi connectivity index (χ1n) is 12.1. The Hall–Kier alpha value is -2.82. The first-order chi connectivity index (χ1) is 16.3. The van der Waals surface area contributed by atoms with Crippen LogP contribution in [0.1, 0.15) is 31.7 Å². The van der Waals surface area contributed by atoms with Gasteiger partial charge < -0.3 is 18.9 Å². The first-order valence-corrected chi connectivity index (χ1v) is 12.1. The van der Waals surface area contributed by atoms with Crippen LogP contribution in [0.25, 0.3) is 22.3 Å². The van der Waals surface area contributed by atoms with Crippen LogP contribution in [0.4, 0.5) is 0 Å². The Balaban J connectivity index is 1.28. The van der Waals surface area contributed by atoms with Crippen LogP contribution < -0.4 is 9.47 Å². The van der Waals surface area contributed by atoms with Gasteiger partial charge in [0.1, 0.15) is 36.9 Å². The molecule has 0 spiro atoms. The molecule has 2 atom stereocenters. The summed E-state index contributed by atoms with van der Waals surface area (Å²) in [5, 5.41) is 0. The maximum atomic E-state index is 6.06. The first kappa shape index (κ1) is 22.0. The van der Waals surface area contributed by atoms with Crippen molar-refractivity contribution in [2.75, 3.05) is 26.4 Å². The second kappa shape index (κ2) is 10.4. The maximum absolute atomic E-state index is 6.06. The minimum absolute atomic E-state index is 0.272. The smallest absolute Gasteiger partial charge is 0.122 e. The molecule has 2 heterocycles. The molecule has 0 amide bonds. The van der Waals surface area contributed by atoms with Crippen LogP contribution in [0, 0.1) is 0 Å². The largest absolute Gasteiger partial charge is 0.491 e. The van der Waals surface area contributed by atoms with E-state index >= 15 is 0 Å². The maximum Gasteiger partial charge on any atom is 0.122 e. The van der Waals surface area contributed by atoms with Gasteiger partial charge in [-0.3, -0.25) is 0 Å². The molecule has 4 nitrogen and oxygen atoms in total. The molecule has 3 aromatic carbocycles. The van der Waals surface area contributed by atoms with Crippen molar-refractivity contribution in [1.82, 2.24) is 0 Å². The molecule has 2 aliphatic heterocycles. The lowest BCUT2D eigenvalue weighted by Gasteiger charge is -2.13. The minimum atomic E-state index is 0.272. The molecule has 0 aliphatic carbocycles. The van der Waals surface area contributed by atoms with Crippen molar-refractivity contribution in [3.8, 4) is 33.8 Å². The van der Waals surface area contributed by atoms with Gasteiger partial charge in [-0.2, -0.15) is 0 Å². The molecule has 2 fully saturated rings. The molecule has 172 valence electrons. The zero-order valence-electron chi connectivity index (χ0n) is 19.3. The number of hydrogen-bond acceptors (Lipinski definition) is 4. The van der Waals surface area contributed by atoms with Gasteiger partial charge in [0.25, 0.3) is 0 Å². The van der Waals surface area contributed by atoms with Crippen LogP contribution in [0.3, 0.4) is 0 Å². The molecule has 5 rings (SSSR count). The van der Waals surface area contributed by atoms with Crippen molar-refractivity contribution in [2.24, 2.45) is 0 Å². The van der Waals surface area contributed by atoms with Crippen LogP contribution in [-0.4, -0.2) is 38.6 Å². The van der Waals surface area contributed by atoms with E-state index in [4.69, 9.17) is 18.9 Å². The summed E-state index contributed by atoms with van der Waals surface area (Å²) >= 11 is 0. The van der Waals surface area contributed by atoms with E-state index in [2.05, 4.69) is 61.5 Å². The monoisotopic (exact) mass is 444 g/mol. The third-order valence-electron chi connectivity index (χ3n) is 6.18. The molecule has 0 N–H and O–H groups in total. The molecular weight excluding hydrogens is 412 g/mol. The Morgan fingerprint density at radius 1 is 0.697 bits per heavy atom. The number of unbranched alkanes of at least 4 members (excludes halogenated alkanes) is 2. The standard InChI is InChI=1S/C29H32O4/c1-2-3-4-5-25-16-24(12-15-29(25)33-20-28-19-32-28)23-8-6-21(7-9-23)22-10-13-26(14-11-22)30-17-27-18-31-27/h6-16,27-28H,2-5,17-20H2,1H3. The molecular formula is C29H32O4. The number of aryl methyl sites for hydroxylation is 1. The van der Waals surface area contributed by atoms with Gasteiger partial charge >= 0.3 is 0 Å². The van der Waals surface area contributed by atoms with Crippen LogP contribution in [-0.2, 0) is 15.9 Å². The summed E-state index contributed by atoms with van der Waals surface area (Å²) in [6.07, 6.45) is 5.23. The van der Waals surface area contributed by atoms with E-state index < -0.39 is 0 Å². The zero-order valence-corrected chi connectivity index (χ0v) is 19.3. The van der Waals surface area contributed by atoms with Crippen molar-refractivity contribution >= 4 is 0 Å². The highest BCUT2D eigenvalue weighted by atomic mass is 16.6. The molecule has 0 aromatic heterocycles. The highest BCUT2D eigenvalue weighted by molar-refractivity contribution is 5.71. The lowest BCUT2D eigenvalue weighted by molar-refractivity contribution is 0.261. The summed E-state index contributed by atoms with van der Waals surface area (Å²) in [6, 6.07) is 23.6. The van der Waals surface area contributed by atoms with Gasteiger partial charge in [0.2, 0.25) is 0 Å². The summed E-state index contributed by atoms with van der Waals surface area (Å²) < 4.78 is 22.3. The number of epoxide rings is 2. The normalized spacial score (nSPS) is 18.7. The average molecular weight is 445 g/mol. The van der Waals surface area contributed by atoms with Gasteiger partial charge in [-0.25, -0.2) is 0 Å². The Morgan fingerprint density at radius 2 is 1.24 bits per heavy atom. The van der Waals surface area contributed by atoms with E-state index in [-0.39, 0.29) is 12.2 Å². The number of ether oxygens (including phenoxy) is 4. The Kier molecular flexibility index (Phi) is 6.94. The van der Waals surface area contributed by atoms with Crippen LogP contribution >= 0.6 is 0 Å². The third kappa shape index (κ3) is 6.16. The second-order valence-corrected chi connectivity index (χ2v) is 8.91. The van der Waals surface area contributed by atoms with E-state index in [1.165, 1.54) is 47.1 Å². The molecule has 2 aliphatic rings. The quantitative estimate of drug-likeness (QED) is 0.243. The van der Waals surface area contributed by atoms with E-state index in [9.17, 15) is 0 Å². The molecule has 0 bridgehead atoms. The fourth-order valence-corrected chi connectivity index (χ4v) is 3.96. The minimum Gasteiger partial charge on any atom is -0.491 e. The topological polar surface area (TPSA) is 43.5 Å². The molecule has 0 radical (unpaired) electrons. The van der Waals surface area contributed by atoms with Gasteiger partial charge in [-0.15, -0.1) is 0 Å². The Labute approximate surface area is 196 Å². The van der Waals surface area contributed by atoms with E-state index in [1.807, 2.05) is 12.1 Å². The second-order valence-electron chi connectivity index (χ2n) is 8.91. The van der Waals surface area contributed by atoms with Crippen LogP contribution in [0.15, 0.2) is 66.7 Å². The van der Waals surface area contributed by atoms with Crippen molar-refractivity contribution in [1.29, 1.82) is 0 Å². The number of rotatable bonds is 12. The SMILES string of the molecule is CCCCCc1cc(-c2ccc(-c3ccc(OCC4CO4)cc3)cc2)ccc1OCC1CO1. The van der Waals surface area contributed by atoms with E-state index in [1.54, 1.807) is 0 Å². The van der Waals surface area contributed by atoms with Crippen molar-refractivity contribution in [3.63, 3.8) is 0 Å². The highest BCUT2D eigenvalue weighted by Gasteiger charge is 2.24. The van der Waals surface area contributed by atoms with Gasteiger partial charge in [-0.05, 0) is 64.9 Å². The van der Waals surface area contributed by atoms with Crippen molar-refractivity contribution < 1.29 is 18.9 Å². The molecule has 2 saturated heterocycles. The Bertz CT molecular complexity index is 1030. The van der Waals surface area contributed by atoms with E-state index in [0.717, 1.165) is 31.1 Å². The van der Waals surface area contributed by atoms with Crippen LogP contribution in [0.5, 0.6) is 11.5 Å². The predicted octanol–water partition coefficient (Wildman–Crippen LogP) is 6.31. The molecule has 4 heteroatoms. The summed E-state index contributed by atoms with van der Waals surface area (Å²) in [7, 11) is 0. The molecule has 2 unspecified atom stereocenters. The van der Waals surface area contributed by atoms with Gasteiger partial charge in [0.15, 0.2) is 0 Å². The lowest BCUT2D eigenvalue weighted by Crippen LogP contribution is -2.06. The summed E-state index contributed by atoms with van der Waals surface area (Å²) in [5.41, 5.74) is 6.12. The number of hydrogen-bond donors (Lipinski definition) is 0. The van der Waals surface area contributed by atoms with Crippen molar-refractivity contribution in [2.45, 2.75) is 44.8 Å². The van der Waals surface area contributed by atoms with Gasteiger partial charge in [-0.1, -0.05) is 62.2 Å². The lowest BCUT2D eigenvalue weighted by atomic mass is 9.97. The molecule has 33 heavy (non-hydrogen) atoms. The van der Waals surface area contributed by atoms with Gasteiger partial charge in [0.05, 0.1) is 13.2 Å². The van der Waals surface area contributed by atoms with E-state index in [0.29, 0.717) is 13.2 Å². The fourth-order valence-electron chi connectivity index (χ4n) is 3.96. The van der Waals surface area contributed by atoms with Crippen LogP contribution in [0.2, 0.25) is 0 Å². The van der Waals surface area contributed by atoms with Crippen molar-refractivity contribution in [3.05, 3.63) is 72.3 Å². The highest BCUT2D eigenvalue weighted by Crippen LogP contribution is 2.31. The average Bonchev–Trinajstić information content (AvgIpc) is 3.78. The zero-order chi connectivity index (χ0) is 22.5. The van der Waals surface area contributed by atoms with Gasteiger partial charge in [0, 0.05) is 0 Å². The fraction of sp³-hybridized carbons (Fsp3) is 0.379. The third-order valence-corrected chi connectivity index (χ3v) is 6.18. The summed E-state index contributed by atoms with van der Waals surface area (Å²) in [4.78, 5) is 0. The Morgan fingerprint density at radius 3 is 1.85 bits per heavy atom. The predicted molar refractivity (Wildman–Crippen MR) is 131 cm³/mol. The molecule has 0 saturated carbocycles. The summed E-state index contributed by atoms with van der Waals surface area (Å²) in [6.45, 7) is 5.15. The number of benzene rings is 3.